The molecule has 1 aromatic carbocycles. The van der Waals surface area contributed by atoms with E-state index in [1.165, 1.54) is 5.01 Å². The molecule has 1 aliphatic rings. The molecule has 0 aromatic heterocycles. The summed E-state index contributed by atoms with van der Waals surface area (Å²) in [4.78, 5) is 11.1. The van der Waals surface area contributed by atoms with Gasteiger partial charge in [-0.25, -0.2) is 14.8 Å². The third kappa shape index (κ3) is 1.15. The van der Waals surface area contributed by atoms with Crippen molar-refractivity contribution in [3.8, 4) is 0 Å². The zero-order valence-corrected chi connectivity index (χ0v) is 7.32. The average Bonchev–Trinajstić information content (AvgIpc) is 2.39. The Morgan fingerprint density at radius 1 is 1.69 bits per heavy atom. The molecule has 0 atom stereocenters. The molecule has 0 saturated heterocycles. The van der Waals surface area contributed by atoms with Gasteiger partial charge < -0.3 is 5.73 Å². The lowest BCUT2D eigenvalue weighted by Gasteiger charge is -2.21. The van der Waals surface area contributed by atoms with Gasteiger partial charge in [-0.05, 0) is 17.7 Å². The van der Waals surface area contributed by atoms with Gasteiger partial charge in [0.25, 0.3) is 0 Å². The number of hydrogen-bond acceptors (Lipinski definition) is 2. The number of nitrogens with two attached hydrogens (primary N) is 1. The lowest BCUT2D eigenvalue weighted by molar-refractivity contribution is 0.234. The van der Waals surface area contributed by atoms with E-state index < -0.39 is 6.03 Å². The SMILES string of the molecule is CN1Cc2cc[c]cc2N1C(N)=O. The monoisotopic (exact) mass is 176 g/mol. The lowest BCUT2D eigenvalue weighted by atomic mass is 10.2. The molecule has 1 radical (unpaired) electrons. The van der Waals surface area contributed by atoms with Crippen LogP contribution in [0.25, 0.3) is 0 Å². The molecule has 1 aliphatic heterocycles. The molecule has 0 fully saturated rings. The molecule has 2 amide bonds. The Labute approximate surface area is 76.5 Å². The summed E-state index contributed by atoms with van der Waals surface area (Å²) >= 11 is 0. The van der Waals surface area contributed by atoms with Gasteiger partial charge >= 0.3 is 6.03 Å². The molecule has 67 valence electrons. The summed E-state index contributed by atoms with van der Waals surface area (Å²) in [5, 5.41) is 3.23. The van der Waals surface area contributed by atoms with Gasteiger partial charge in [0.1, 0.15) is 0 Å². The Morgan fingerprint density at radius 2 is 2.46 bits per heavy atom. The van der Waals surface area contributed by atoms with E-state index in [1.807, 2.05) is 19.2 Å². The fraction of sp³-hybridized carbons (Fsp3) is 0.222. The molecular weight excluding hydrogens is 166 g/mol. The molecule has 0 unspecified atom stereocenters. The van der Waals surface area contributed by atoms with Crippen molar-refractivity contribution in [3.63, 3.8) is 0 Å². The summed E-state index contributed by atoms with van der Waals surface area (Å²) in [6, 6.07) is 8.00. The molecule has 4 nitrogen and oxygen atoms in total. The van der Waals surface area contributed by atoms with Crippen LogP contribution in [0.3, 0.4) is 0 Å². The van der Waals surface area contributed by atoms with E-state index in [0.717, 1.165) is 11.3 Å². The molecule has 2 rings (SSSR count). The van der Waals surface area contributed by atoms with Gasteiger partial charge in [-0.15, -0.1) is 0 Å². The van der Waals surface area contributed by atoms with Crippen LogP contribution in [-0.4, -0.2) is 18.1 Å². The zero-order valence-electron chi connectivity index (χ0n) is 7.32. The second-order valence-corrected chi connectivity index (χ2v) is 3.02. The first-order valence-corrected chi connectivity index (χ1v) is 4.00. The maximum atomic E-state index is 11.1. The smallest absolute Gasteiger partial charge is 0.334 e. The highest BCUT2D eigenvalue weighted by molar-refractivity contribution is 5.91. The van der Waals surface area contributed by atoms with Crippen LogP contribution in [0.1, 0.15) is 5.56 Å². The average molecular weight is 176 g/mol. The number of amides is 2. The fourth-order valence-electron chi connectivity index (χ4n) is 1.57. The van der Waals surface area contributed by atoms with Gasteiger partial charge in [0, 0.05) is 13.6 Å². The van der Waals surface area contributed by atoms with E-state index in [1.54, 1.807) is 11.1 Å². The van der Waals surface area contributed by atoms with Crippen LogP contribution in [0, 0.1) is 6.07 Å². The Morgan fingerprint density at radius 3 is 3.15 bits per heavy atom. The number of carbonyl (C=O) groups is 1. The van der Waals surface area contributed by atoms with Crippen LogP contribution in [0.15, 0.2) is 18.2 Å². The predicted molar refractivity (Wildman–Crippen MR) is 48.8 cm³/mol. The number of nitrogens with zero attached hydrogens (tertiary/aromatic N) is 2. The number of primary amides is 1. The Kier molecular flexibility index (Phi) is 1.70. The number of rotatable bonds is 0. The van der Waals surface area contributed by atoms with E-state index in [9.17, 15) is 4.79 Å². The number of carbonyl (C=O) groups excluding carboxylic acids is 1. The van der Waals surface area contributed by atoms with Gasteiger partial charge in [-0.3, -0.25) is 0 Å². The van der Waals surface area contributed by atoms with Crippen molar-refractivity contribution in [1.29, 1.82) is 0 Å². The normalized spacial score (nSPS) is 15.9. The second kappa shape index (κ2) is 2.74. The largest absolute Gasteiger partial charge is 0.350 e. The zero-order chi connectivity index (χ0) is 9.42. The molecule has 0 saturated carbocycles. The molecule has 2 N–H and O–H groups in total. The standard InChI is InChI=1S/C9H10N3O/c1-11-6-7-4-2-3-5-8(7)12(11)9(10)13/h2,4-5H,6H2,1H3,(H2,10,13). The lowest BCUT2D eigenvalue weighted by Crippen LogP contribution is -2.43. The third-order valence-electron chi connectivity index (χ3n) is 2.11. The van der Waals surface area contributed by atoms with E-state index in [4.69, 9.17) is 5.73 Å². The van der Waals surface area contributed by atoms with Crippen molar-refractivity contribution in [2.75, 3.05) is 12.1 Å². The molecule has 1 heterocycles. The van der Waals surface area contributed by atoms with Gasteiger partial charge in [-0.1, -0.05) is 12.1 Å². The first-order valence-electron chi connectivity index (χ1n) is 4.00. The Balaban J connectivity index is 2.46. The topological polar surface area (TPSA) is 49.6 Å². The van der Waals surface area contributed by atoms with Crippen LogP contribution >= 0.6 is 0 Å². The molecule has 0 bridgehead atoms. The van der Waals surface area contributed by atoms with Crippen molar-refractivity contribution < 1.29 is 4.79 Å². The van der Waals surface area contributed by atoms with E-state index in [2.05, 4.69) is 6.07 Å². The Hall–Kier alpha value is -1.55. The number of fused-ring (bicyclic) bond motifs is 1. The number of hydrogen-bond donors (Lipinski definition) is 1. The molecule has 0 aliphatic carbocycles. The highest BCUT2D eigenvalue weighted by Crippen LogP contribution is 2.28. The van der Waals surface area contributed by atoms with Crippen molar-refractivity contribution in [1.82, 2.24) is 5.01 Å². The minimum atomic E-state index is -0.458. The first kappa shape index (κ1) is 8.07. The highest BCUT2D eigenvalue weighted by Gasteiger charge is 2.27. The molecule has 1 aromatic rings. The summed E-state index contributed by atoms with van der Waals surface area (Å²) in [6.07, 6.45) is 0. The summed E-state index contributed by atoms with van der Waals surface area (Å²) in [7, 11) is 1.82. The van der Waals surface area contributed by atoms with Crippen LogP contribution < -0.4 is 10.7 Å². The fourth-order valence-corrected chi connectivity index (χ4v) is 1.57. The van der Waals surface area contributed by atoms with Crippen LogP contribution in [0.5, 0.6) is 0 Å². The number of benzene rings is 1. The minimum Gasteiger partial charge on any atom is -0.350 e. The molecule has 4 heteroatoms. The Bertz CT molecular complexity index is 350. The van der Waals surface area contributed by atoms with Crippen molar-refractivity contribution in [2.45, 2.75) is 6.54 Å². The minimum absolute atomic E-state index is 0.458. The summed E-state index contributed by atoms with van der Waals surface area (Å²) in [6.45, 7) is 0.715. The van der Waals surface area contributed by atoms with E-state index in [-0.39, 0.29) is 0 Å². The predicted octanol–water partition coefficient (Wildman–Crippen LogP) is 0.732. The van der Waals surface area contributed by atoms with Gasteiger partial charge in [0.2, 0.25) is 0 Å². The number of anilines is 1. The number of hydrazine groups is 1. The molecular formula is C9H10N3O. The van der Waals surface area contributed by atoms with Crippen LogP contribution in [-0.2, 0) is 6.54 Å². The molecule has 0 spiro atoms. The van der Waals surface area contributed by atoms with E-state index in [0.29, 0.717) is 6.54 Å². The van der Waals surface area contributed by atoms with Crippen molar-refractivity contribution in [2.24, 2.45) is 5.73 Å². The van der Waals surface area contributed by atoms with E-state index >= 15 is 0 Å². The van der Waals surface area contributed by atoms with Gasteiger partial charge in [0.15, 0.2) is 0 Å². The number of urea groups is 1. The summed E-state index contributed by atoms with van der Waals surface area (Å²) in [5.74, 6) is 0. The maximum absolute atomic E-state index is 11.1. The molecule has 13 heavy (non-hydrogen) atoms. The van der Waals surface area contributed by atoms with Gasteiger partial charge in [0.05, 0.1) is 5.69 Å². The third-order valence-corrected chi connectivity index (χ3v) is 2.11. The quantitative estimate of drug-likeness (QED) is 0.633. The van der Waals surface area contributed by atoms with Crippen LogP contribution in [0.4, 0.5) is 10.5 Å². The highest BCUT2D eigenvalue weighted by atomic mass is 16.2. The summed E-state index contributed by atoms with van der Waals surface area (Å²) in [5.41, 5.74) is 7.16. The van der Waals surface area contributed by atoms with Crippen LogP contribution in [0.2, 0.25) is 0 Å². The van der Waals surface area contributed by atoms with Gasteiger partial charge in [-0.2, -0.15) is 0 Å². The summed E-state index contributed by atoms with van der Waals surface area (Å²) < 4.78 is 0. The van der Waals surface area contributed by atoms with Crippen molar-refractivity contribution >= 4 is 11.7 Å². The maximum Gasteiger partial charge on any atom is 0.334 e. The second-order valence-electron chi connectivity index (χ2n) is 3.02. The van der Waals surface area contributed by atoms with Crippen molar-refractivity contribution in [3.05, 3.63) is 29.8 Å². The first-order chi connectivity index (χ1) is 6.20.